The Hall–Kier alpha value is -0.220. The number of carbonyl (C=O) groups excluding carboxylic acids is 1. The summed E-state index contributed by atoms with van der Waals surface area (Å²) in [6, 6.07) is 0.434. The van der Waals surface area contributed by atoms with Gasteiger partial charge in [-0.2, -0.15) is 11.8 Å². The molecule has 2 fully saturated rings. The second kappa shape index (κ2) is 6.69. The standard InChI is InChI=1S/C16H30N2OS/c1-5-9-14-17-16(3,6-2)15(19)18(14)12-10-7-8-11-13(12)20-4/h12-14,17H,5-11H2,1-4H3. The van der Waals surface area contributed by atoms with Gasteiger partial charge in [0.1, 0.15) is 0 Å². The van der Waals surface area contributed by atoms with Gasteiger partial charge in [0.15, 0.2) is 0 Å². The third kappa shape index (κ3) is 2.87. The van der Waals surface area contributed by atoms with Crippen LogP contribution >= 0.6 is 11.8 Å². The van der Waals surface area contributed by atoms with Crippen LogP contribution in [0.5, 0.6) is 0 Å². The van der Waals surface area contributed by atoms with Crippen LogP contribution in [0.3, 0.4) is 0 Å². The topological polar surface area (TPSA) is 32.3 Å². The lowest BCUT2D eigenvalue weighted by Gasteiger charge is -2.40. The van der Waals surface area contributed by atoms with E-state index in [0.29, 0.717) is 17.2 Å². The number of thioether (sulfide) groups is 1. The highest BCUT2D eigenvalue weighted by Gasteiger charge is 2.50. The summed E-state index contributed by atoms with van der Waals surface area (Å²) in [7, 11) is 0. The maximum Gasteiger partial charge on any atom is 0.244 e. The number of nitrogens with zero attached hydrogens (tertiary/aromatic N) is 1. The highest BCUT2D eigenvalue weighted by atomic mass is 32.2. The summed E-state index contributed by atoms with van der Waals surface area (Å²) < 4.78 is 0. The smallest absolute Gasteiger partial charge is 0.244 e. The monoisotopic (exact) mass is 298 g/mol. The third-order valence-electron chi connectivity index (χ3n) is 5.12. The summed E-state index contributed by atoms with van der Waals surface area (Å²) in [5, 5.41) is 4.25. The van der Waals surface area contributed by atoms with Crippen LogP contribution in [0.15, 0.2) is 0 Å². The van der Waals surface area contributed by atoms with Crippen molar-refractivity contribution in [1.29, 1.82) is 0 Å². The van der Waals surface area contributed by atoms with Gasteiger partial charge in [0, 0.05) is 11.3 Å². The summed E-state index contributed by atoms with van der Waals surface area (Å²) in [6.07, 6.45) is 10.5. The van der Waals surface area contributed by atoms with E-state index in [1.165, 1.54) is 25.7 Å². The SMILES string of the molecule is CCCC1NC(C)(CC)C(=O)N1C1CCCCC1SC. The zero-order valence-corrected chi connectivity index (χ0v) is 14.3. The van der Waals surface area contributed by atoms with Crippen molar-refractivity contribution in [3.63, 3.8) is 0 Å². The molecule has 1 aliphatic carbocycles. The Morgan fingerprint density at radius 3 is 2.65 bits per heavy atom. The van der Waals surface area contributed by atoms with Gasteiger partial charge in [-0.25, -0.2) is 0 Å². The van der Waals surface area contributed by atoms with Gasteiger partial charge in [-0.1, -0.05) is 33.1 Å². The quantitative estimate of drug-likeness (QED) is 0.844. The molecule has 1 saturated carbocycles. The Bertz CT molecular complexity index is 349. The fourth-order valence-electron chi connectivity index (χ4n) is 3.72. The molecule has 4 atom stereocenters. The van der Waals surface area contributed by atoms with Gasteiger partial charge < -0.3 is 4.90 Å². The molecule has 0 aromatic heterocycles. The molecule has 1 amide bonds. The molecule has 20 heavy (non-hydrogen) atoms. The molecule has 1 saturated heterocycles. The number of rotatable bonds is 5. The van der Waals surface area contributed by atoms with Crippen LogP contribution in [0.2, 0.25) is 0 Å². The minimum absolute atomic E-state index is 0.246. The van der Waals surface area contributed by atoms with Crippen LogP contribution in [0, 0.1) is 0 Å². The zero-order valence-electron chi connectivity index (χ0n) is 13.4. The zero-order chi connectivity index (χ0) is 14.8. The number of hydrogen-bond acceptors (Lipinski definition) is 3. The Labute approximate surface area is 128 Å². The van der Waals surface area contributed by atoms with Crippen molar-refractivity contribution in [3.05, 3.63) is 0 Å². The average molecular weight is 298 g/mol. The van der Waals surface area contributed by atoms with Crippen LogP contribution in [-0.4, -0.2) is 40.1 Å². The number of hydrogen-bond donors (Lipinski definition) is 1. The van der Waals surface area contributed by atoms with Crippen molar-refractivity contribution < 1.29 is 4.79 Å². The minimum atomic E-state index is -0.347. The van der Waals surface area contributed by atoms with Gasteiger partial charge in [0.2, 0.25) is 5.91 Å². The fraction of sp³-hybridized carbons (Fsp3) is 0.938. The molecule has 2 aliphatic rings. The molecule has 1 N–H and O–H groups in total. The first-order valence-electron chi connectivity index (χ1n) is 8.20. The molecule has 4 heteroatoms. The number of nitrogens with one attached hydrogen (secondary N) is 1. The minimum Gasteiger partial charge on any atom is -0.321 e. The van der Waals surface area contributed by atoms with Crippen molar-refractivity contribution in [2.75, 3.05) is 6.26 Å². The van der Waals surface area contributed by atoms with Crippen LogP contribution in [0.25, 0.3) is 0 Å². The molecule has 0 aromatic rings. The molecule has 0 radical (unpaired) electrons. The van der Waals surface area contributed by atoms with Crippen molar-refractivity contribution >= 4 is 17.7 Å². The van der Waals surface area contributed by atoms with E-state index in [1.807, 2.05) is 11.8 Å². The fourth-order valence-corrected chi connectivity index (χ4v) is 4.70. The van der Waals surface area contributed by atoms with Gasteiger partial charge >= 0.3 is 0 Å². The van der Waals surface area contributed by atoms with E-state index in [4.69, 9.17) is 0 Å². The Balaban J connectivity index is 2.23. The Morgan fingerprint density at radius 1 is 1.35 bits per heavy atom. The summed E-state index contributed by atoms with van der Waals surface area (Å²) in [6.45, 7) is 6.40. The van der Waals surface area contributed by atoms with E-state index in [0.717, 1.165) is 19.3 Å². The molecule has 4 unspecified atom stereocenters. The second-order valence-corrected chi connectivity index (χ2v) is 7.55. The van der Waals surface area contributed by atoms with Crippen molar-refractivity contribution in [1.82, 2.24) is 10.2 Å². The average Bonchev–Trinajstić information content (AvgIpc) is 2.71. The largest absolute Gasteiger partial charge is 0.321 e. The van der Waals surface area contributed by atoms with E-state index >= 15 is 0 Å². The molecule has 0 bridgehead atoms. The van der Waals surface area contributed by atoms with Crippen LogP contribution in [0.1, 0.15) is 65.7 Å². The molecule has 116 valence electrons. The van der Waals surface area contributed by atoms with E-state index in [-0.39, 0.29) is 11.7 Å². The Kier molecular flexibility index (Phi) is 5.41. The van der Waals surface area contributed by atoms with E-state index in [1.54, 1.807) is 0 Å². The lowest BCUT2D eigenvalue weighted by atomic mass is 9.92. The molecule has 2 rings (SSSR count). The summed E-state index contributed by atoms with van der Waals surface area (Å²) in [5.41, 5.74) is -0.347. The summed E-state index contributed by atoms with van der Waals surface area (Å²) >= 11 is 1.95. The Morgan fingerprint density at radius 2 is 2.05 bits per heavy atom. The highest BCUT2D eigenvalue weighted by molar-refractivity contribution is 7.99. The van der Waals surface area contributed by atoms with Gasteiger partial charge in [-0.3, -0.25) is 10.1 Å². The number of amides is 1. The molecular weight excluding hydrogens is 268 g/mol. The summed E-state index contributed by atoms with van der Waals surface area (Å²) in [5.74, 6) is 0.337. The van der Waals surface area contributed by atoms with E-state index < -0.39 is 0 Å². The molecule has 0 aromatic carbocycles. The van der Waals surface area contributed by atoms with Crippen molar-refractivity contribution in [2.24, 2.45) is 0 Å². The van der Waals surface area contributed by atoms with Gasteiger partial charge in [-0.05, 0) is 38.9 Å². The van der Waals surface area contributed by atoms with E-state index in [9.17, 15) is 4.79 Å². The first-order chi connectivity index (χ1) is 9.57. The first-order valence-corrected chi connectivity index (χ1v) is 9.49. The normalized spacial score (nSPS) is 38.5. The maximum absolute atomic E-state index is 13.0. The van der Waals surface area contributed by atoms with Crippen LogP contribution in [-0.2, 0) is 4.79 Å². The predicted molar refractivity (Wildman–Crippen MR) is 86.9 cm³/mol. The summed E-state index contributed by atoms with van der Waals surface area (Å²) in [4.78, 5) is 15.2. The lowest BCUT2D eigenvalue weighted by molar-refractivity contribution is -0.135. The van der Waals surface area contributed by atoms with Crippen LogP contribution < -0.4 is 5.32 Å². The molecule has 0 spiro atoms. The molecular formula is C16H30N2OS. The maximum atomic E-state index is 13.0. The first kappa shape index (κ1) is 16.2. The molecule has 1 aliphatic heterocycles. The van der Waals surface area contributed by atoms with Crippen molar-refractivity contribution in [3.8, 4) is 0 Å². The van der Waals surface area contributed by atoms with Crippen LogP contribution in [0.4, 0.5) is 0 Å². The molecule has 3 nitrogen and oxygen atoms in total. The van der Waals surface area contributed by atoms with Gasteiger partial charge in [0.05, 0.1) is 11.7 Å². The second-order valence-electron chi connectivity index (χ2n) is 6.47. The molecule has 1 heterocycles. The third-order valence-corrected chi connectivity index (χ3v) is 6.28. The predicted octanol–water partition coefficient (Wildman–Crippen LogP) is 3.39. The number of carbonyl (C=O) groups is 1. The van der Waals surface area contributed by atoms with Crippen molar-refractivity contribution in [2.45, 2.75) is 88.7 Å². The lowest BCUT2D eigenvalue weighted by Crippen LogP contribution is -2.50. The van der Waals surface area contributed by atoms with E-state index in [2.05, 4.69) is 37.2 Å². The van der Waals surface area contributed by atoms with Gasteiger partial charge in [0.25, 0.3) is 0 Å². The van der Waals surface area contributed by atoms with Gasteiger partial charge in [-0.15, -0.1) is 0 Å². The highest BCUT2D eigenvalue weighted by Crippen LogP contribution is 2.36.